The second-order valence-corrected chi connectivity index (χ2v) is 5.24. The van der Waals surface area contributed by atoms with Crippen LogP contribution < -0.4 is 5.32 Å². The second-order valence-electron chi connectivity index (χ2n) is 5.24. The standard InChI is InChI=1S/C13H24N2O2/c1-14-9-11-5-6-15(10-11)13(16)8-12-4-2-3-7-17-12/h11-12,14H,2-10H2,1H3. The molecule has 4 nitrogen and oxygen atoms in total. The Morgan fingerprint density at radius 3 is 3.00 bits per heavy atom. The molecule has 0 saturated carbocycles. The fraction of sp³-hybridized carbons (Fsp3) is 0.923. The topological polar surface area (TPSA) is 41.6 Å². The van der Waals surface area contributed by atoms with E-state index in [1.54, 1.807) is 0 Å². The van der Waals surface area contributed by atoms with E-state index in [1.165, 1.54) is 6.42 Å². The molecular formula is C13H24N2O2. The van der Waals surface area contributed by atoms with Crippen molar-refractivity contribution in [2.24, 2.45) is 5.92 Å². The maximum absolute atomic E-state index is 12.1. The molecule has 0 bridgehead atoms. The maximum Gasteiger partial charge on any atom is 0.225 e. The van der Waals surface area contributed by atoms with Crippen LogP contribution in [0.2, 0.25) is 0 Å². The van der Waals surface area contributed by atoms with Crippen molar-refractivity contribution in [2.45, 2.75) is 38.2 Å². The van der Waals surface area contributed by atoms with E-state index in [-0.39, 0.29) is 12.0 Å². The van der Waals surface area contributed by atoms with Gasteiger partial charge in [0.25, 0.3) is 0 Å². The minimum Gasteiger partial charge on any atom is -0.378 e. The molecule has 2 aliphatic rings. The number of carbonyl (C=O) groups excluding carboxylic acids is 1. The SMILES string of the molecule is CNCC1CCN(C(=O)CC2CCCCO2)C1. The van der Waals surface area contributed by atoms with Crippen molar-refractivity contribution < 1.29 is 9.53 Å². The summed E-state index contributed by atoms with van der Waals surface area (Å²) in [6, 6.07) is 0. The first-order chi connectivity index (χ1) is 8.29. The maximum atomic E-state index is 12.1. The number of carbonyl (C=O) groups is 1. The van der Waals surface area contributed by atoms with Crippen LogP contribution in [-0.4, -0.2) is 50.2 Å². The predicted molar refractivity (Wildman–Crippen MR) is 66.8 cm³/mol. The summed E-state index contributed by atoms with van der Waals surface area (Å²) >= 11 is 0. The Hall–Kier alpha value is -0.610. The number of amides is 1. The highest BCUT2D eigenvalue weighted by molar-refractivity contribution is 5.77. The van der Waals surface area contributed by atoms with E-state index in [0.717, 1.165) is 45.5 Å². The zero-order chi connectivity index (χ0) is 12.1. The molecule has 0 radical (unpaired) electrons. The van der Waals surface area contributed by atoms with E-state index in [4.69, 9.17) is 4.74 Å². The minimum atomic E-state index is 0.180. The Morgan fingerprint density at radius 1 is 1.41 bits per heavy atom. The van der Waals surface area contributed by atoms with Crippen molar-refractivity contribution >= 4 is 5.91 Å². The largest absolute Gasteiger partial charge is 0.378 e. The minimum absolute atomic E-state index is 0.180. The number of likely N-dealkylation sites (tertiary alicyclic amines) is 1. The molecule has 2 heterocycles. The molecule has 0 aliphatic carbocycles. The smallest absolute Gasteiger partial charge is 0.225 e. The Labute approximate surface area is 104 Å². The average molecular weight is 240 g/mol. The molecule has 0 aromatic rings. The summed E-state index contributed by atoms with van der Waals surface area (Å²) in [6.45, 7) is 3.70. The van der Waals surface area contributed by atoms with Crippen LogP contribution in [0.5, 0.6) is 0 Å². The number of hydrogen-bond donors (Lipinski definition) is 1. The molecule has 2 aliphatic heterocycles. The molecule has 2 unspecified atom stereocenters. The van der Waals surface area contributed by atoms with Gasteiger partial charge in [-0.15, -0.1) is 0 Å². The summed E-state index contributed by atoms with van der Waals surface area (Å²) in [5.41, 5.74) is 0. The summed E-state index contributed by atoms with van der Waals surface area (Å²) in [6.07, 6.45) is 5.32. The molecule has 0 spiro atoms. The molecule has 4 heteroatoms. The first-order valence-electron chi connectivity index (χ1n) is 6.83. The van der Waals surface area contributed by atoms with Crippen molar-refractivity contribution in [2.75, 3.05) is 33.3 Å². The van der Waals surface area contributed by atoms with Crippen LogP contribution in [0.15, 0.2) is 0 Å². The van der Waals surface area contributed by atoms with Gasteiger partial charge in [-0.3, -0.25) is 4.79 Å². The summed E-state index contributed by atoms with van der Waals surface area (Å²) in [4.78, 5) is 14.1. The van der Waals surface area contributed by atoms with Crippen LogP contribution in [0.3, 0.4) is 0 Å². The fourth-order valence-corrected chi connectivity index (χ4v) is 2.81. The van der Waals surface area contributed by atoms with Gasteiger partial charge in [0.2, 0.25) is 5.91 Å². The summed E-state index contributed by atoms with van der Waals surface area (Å²) in [5.74, 6) is 0.923. The van der Waals surface area contributed by atoms with Gasteiger partial charge >= 0.3 is 0 Å². The van der Waals surface area contributed by atoms with Gasteiger partial charge < -0.3 is 15.0 Å². The third kappa shape index (κ3) is 3.68. The van der Waals surface area contributed by atoms with Gasteiger partial charge in [0.05, 0.1) is 12.5 Å². The molecule has 1 N–H and O–H groups in total. The van der Waals surface area contributed by atoms with Gasteiger partial charge in [-0.05, 0) is 45.2 Å². The number of nitrogens with one attached hydrogen (secondary N) is 1. The van der Waals surface area contributed by atoms with Gasteiger partial charge in [-0.25, -0.2) is 0 Å². The zero-order valence-corrected chi connectivity index (χ0v) is 10.8. The first-order valence-corrected chi connectivity index (χ1v) is 6.83. The van der Waals surface area contributed by atoms with E-state index in [2.05, 4.69) is 5.32 Å². The highest BCUT2D eigenvalue weighted by Crippen LogP contribution is 2.20. The number of rotatable bonds is 4. The molecule has 2 atom stereocenters. The first kappa shape index (κ1) is 12.8. The van der Waals surface area contributed by atoms with Gasteiger partial charge in [-0.2, -0.15) is 0 Å². The van der Waals surface area contributed by atoms with Crippen molar-refractivity contribution in [1.29, 1.82) is 0 Å². The number of nitrogens with zero attached hydrogens (tertiary/aromatic N) is 1. The van der Waals surface area contributed by atoms with Gasteiger partial charge in [0, 0.05) is 19.7 Å². The molecule has 2 fully saturated rings. The molecule has 0 aromatic carbocycles. The normalized spacial score (nSPS) is 29.6. The van der Waals surface area contributed by atoms with Crippen LogP contribution in [-0.2, 0) is 9.53 Å². The monoisotopic (exact) mass is 240 g/mol. The summed E-state index contributed by atoms with van der Waals surface area (Å²) < 4.78 is 5.62. The molecule has 2 saturated heterocycles. The van der Waals surface area contributed by atoms with Crippen molar-refractivity contribution in [1.82, 2.24) is 10.2 Å². The summed E-state index contributed by atoms with van der Waals surface area (Å²) in [7, 11) is 1.97. The lowest BCUT2D eigenvalue weighted by molar-refractivity contribution is -0.134. The van der Waals surface area contributed by atoms with E-state index in [1.807, 2.05) is 11.9 Å². The Bertz CT molecular complexity index is 252. The molecule has 0 aromatic heterocycles. The predicted octanol–water partition coefficient (Wildman–Crippen LogP) is 1.01. The van der Waals surface area contributed by atoms with Crippen molar-refractivity contribution in [3.63, 3.8) is 0 Å². The molecule has 17 heavy (non-hydrogen) atoms. The molecular weight excluding hydrogens is 216 g/mol. The van der Waals surface area contributed by atoms with Crippen LogP contribution in [0, 0.1) is 5.92 Å². The number of ether oxygens (including phenoxy) is 1. The Kier molecular flexibility index (Phi) is 4.80. The molecule has 2 rings (SSSR count). The molecule has 1 amide bonds. The van der Waals surface area contributed by atoms with Crippen molar-refractivity contribution in [3.8, 4) is 0 Å². The third-order valence-electron chi connectivity index (χ3n) is 3.81. The van der Waals surface area contributed by atoms with Crippen molar-refractivity contribution in [3.05, 3.63) is 0 Å². The van der Waals surface area contributed by atoms with Gasteiger partial charge in [0.15, 0.2) is 0 Å². The highest BCUT2D eigenvalue weighted by Gasteiger charge is 2.27. The van der Waals surface area contributed by atoms with Crippen LogP contribution in [0.1, 0.15) is 32.1 Å². The van der Waals surface area contributed by atoms with Crippen LogP contribution in [0.4, 0.5) is 0 Å². The number of hydrogen-bond acceptors (Lipinski definition) is 3. The zero-order valence-electron chi connectivity index (χ0n) is 10.8. The van der Waals surface area contributed by atoms with E-state index in [9.17, 15) is 4.79 Å². The average Bonchev–Trinajstić information content (AvgIpc) is 2.79. The highest BCUT2D eigenvalue weighted by atomic mass is 16.5. The lowest BCUT2D eigenvalue weighted by Gasteiger charge is -2.24. The molecule has 98 valence electrons. The van der Waals surface area contributed by atoms with E-state index >= 15 is 0 Å². The van der Waals surface area contributed by atoms with E-state index < -0.39 is 0 Å². The lowest BCUT2D eigenvalue weighted by atomic mass is 10.1. The fourth-order valence-electron chi connectivity index (χ4n) is 2.81. The van der Waals surface area contributed by atoms with Crippen LogP contribution in [0.25, 0.3) is 0 Å². The Morgan fingerprint density at radius 2 is 2.29 bits per heavy atom. The van der Waals surface area contributed by atoms with Crippen LogP contribution >= 0.6 is 0 Å². The second kappa shape index (κ2) is 6.36. The van der Waals surface area contributed by atoms with Gasteiger partial charge in [0.1, 0.15) is 0 Å². The van der Waals surface area contributed by atoms with E-state index in [0.29, 0.717) is 12.3 Å². The quantitative estimate of drug-likeness (QED) is 0.797. The van der Waals surface area contributed by atoms with Gasteiger partial charge in [-0.1, -0.05) is 0 Å². The lowest BCUT2D eigenvalue weighted by Crippen LogP contribution is -2.34. The summed E-state index contributed by atoms with van der Waals surface area (Å²) in [5, 5.41) is 3.19. The third-order valence-corrected chi connectivity index (χ3v) is 3.81. The Balaban J connectivity index is 1.72.